The zero-order valence-corrected chi connectivity index (χ0v) is 23.0. The van der Waals surface area contributed by atoms with E-state index in [0.717, 1.165) is 19.3 Å². The minimum atomic E-state index is -4.47. The molecule has 7 heteroatoms. The Morgan fingerprint density at radius 2 is 1.42 bits per heavy atom. The number of phenolic OH excluding ortho intramolecular Hbond substituents is 1. The minimum Gasteiger partial charge on any atom is -0.507 e. The van der Waals surface area contributed by atoms with Crippen molar-refractivity contribution in [3.63, 3.8) is 0 Å². The quantitative estimate of drug-likeness (QED) is 0.189. The van der Waals surface area contributed by atoms with Crippen molar-refractivity contribution in [3.05, 3.63) is 58.7 Å². The van der Waals surface area contributed by atoms with E-state index in [0.29, 0.717) is 29.5 Å². The van der Waals surface area contributed by atoms with E-state index >= 15 is 4.39 Å². The molecule has 0 spiro atoms. The zero-order valence-electron chi connectivity index (χ0n) is 22.2. The first-order chi connectivity index (χ1) is 17.1. The molecular formula is C29H42FNO4S. The molecule has 200 valence electrons. The van der Waals surface area contributed by atoms with E-state index in [1.165, 1.54) is 62.4 Å². The average molecular weight is 520 g/mol. The molecule has 0 unspecified atom stereocenters. The maximum Gasteiger partial charge on any atom is 0.312 e. The lowest BCUT2D eigenvalue weighted by Crippen LogP contribution is -2.44. The highest BCUT2D eigenvalue weighted by Gasteiger charge is 2.52. The summed E-state index contributed by atoms with van der Waals surface area (Å²) in [6.07, 6.45) is 10.2. The molecule has 5 nitrogen and oxygen atoms in total. The third-order valence-corrected chi connectivity index (χ3v) is 9.04. The predicted molar refractivity (Wildman–Crippen MR) is 146 cm³/mol. The zero-order chi connectivity index (χ0) is 26.8. The Hall–Kier alpha value is -2.41. The van der Waals surface area contributed by atoms with Gasteiger partial charge in [-0.1, -0.05) is 95.0 Å². The summed E-state index contributed by atoms with van der Waals surface area (Å²) in [4.78, 5) is 13.3. The van der Waals surface area contributed by atoms with Gasteiger partial charge in [0.15, 0.2) is 9.84 Å². The molecule has 0 aliphatic heterocycles. The fraction of sp³-hybridized carbons (Fsp3) is 0.552. The number of unbranched alkanes of at least 4 members (excludes halogenated alkanes) is 9. The molecule has 2 aromatic carbocycles. The van der Waals surface area contributed by atoms with Crippen LogP contribution in [0.4, 0.5) is 10.1 Å². The van der Waals surface area contributed by atoms with E-state index in [9.17, 15) is 18.3 Å². The molecule has 1 atom stereocenters. The summed E-state index contributed by atoms with van der Waals surface area (Å²) in [5, 5.41) is 9.43. The van der Waals surface area contributed by atoms with Crippen LogP contribution >= 0.6 is 0 Å². The molecule has 0 aliphatic rings. The molecule has 0 saturated carbocycles. The number of benzene rings is 2. The number of phenols is 1. The molecule has 0 aliphatic carbocycles. The Morgan fingerprint density at radius 3 is 1.97 bits per heavy atom. The summed E-state index contributed by atoms with van der Waals surface area (Å²) in [5.74, 6) is -1.56. The largest absolute Gasteiger partial charge is 0.507 e. The van der Waals surface area contributed by atoms with Gasteiger partial charge in [-0.15, -0.1) is 0 Å². The molecule has 2 N–H and O–H groups in total. The molecule has 36 heavy (non-hydrogen) atoms. The number of carbonyl (C=O) groups is 1. The van der Waals surface area contributed by atoms with Crippen LogP contribution in [0.25, 0.3) is 0 Å². The third-order valence-electron chi connectivity index (χ3n) is 6.94. The van der Waals surface area contributed by atoms with Crippen molar-refractivity contribution in [1.82, 2.24) is 0 Å². The van der Waals surface area contributed by atoms with Gasteiger partial charge in [-0.25, -0.2) is 12.8 Å². The lowest BCUT2D eigenvalue weighted by Gasteiger charge is -2.26. The van der Waals surface area contributed by atoms with Crippen molar-refractivity contribution < 1.29 is 22.7 Å². The highest BCUT2D eigenvalue weighted by molar-refractivity contribution is 7.93. The number of nitrogens with one attached hydrogen (secondary N) is 1. The van der Waals surface area contributed by atoms with E-state index in [1.54, 1.807) is 26.8 Å². The molecule has 0 saturated heterocycles. The SMILES string of the molecule is CCCCCCCCCCCCS(=O)(=O)[C@](F)(C(=O)Nc1cc(C)c(O)c(C)c1C)c1ccccc1. The van der Waals surface area contributed by atoms with Crippen LogP contribution < -0.4 is 5.32 Å². The van der Waals surface area contributed by atoms with Crippen molar-refractivity contribution in [2.45, 2.75) is 96.9 Å². The summed E-state index contributed by atoms with van der Waals surface area (Å²) >= 11 is 0. The lowest BCUT2D eigenvalue weighted by molar-refractivity contribution is -0.123. The van der Waals surface area contributed by atoms with Gasteiger partial charge in [0, 0.05) is 11.3 Å². The van der Waals surface area contributed by atoms with Gasteiger partial charge in [-0.2, -0.15) is 0 Å². The van der Waals surface area contributed by atoms with Gasteiger partial charge in [-0.3, -0.25) is 4.79 Å². The molecule has 2 aromatic rings. The number of rotatable bonds is 15. The second-order valence-electron chi connectivity index (χ2n) is 9.76. The van der Waals surface area contributed by atoms with Crippen LogP contribution in [-0.4, -0.2) is 25.2 Å². The number of hydrogen-bond donors (Lipinski definition) is 2. The fourth-order valence-corrected chi connectivity index (χ4v) is 6.12. The second-order valence-corrected chi connectivity index (χ2v) is 12.0. The smallest absolute Gasteiger partial charge is 0.312 e. The van der Waals surface area contributed by atoms with Crippen LogP contribution in [0.3, 0.4) is 0 Å². The third kappa shape index (κ3) is 7.31. The van der Waals surface area contributed by atoms with Gasteiger partial charge in [0.1, 0.15) is 5.75 Å². The van der Waals surface area contributed by atoms with Crippen LogP contribution in [0.1, 0.15) is 93.4 Å². The number of halogens is 1. The van der Waals surface area contributed by atoms with Crippen LogP contribution in [0.2, 0.25) is 0 Å². The standard InChI is InChI=1S/C29H42FNO4S/c1-5-6-7-8-9-10-11-12-13-17-20-36(34,35)29(30,25-18-15-14-16-19-25)28(33)31-26-21-22(2)27(32)24(4)23(26)3/h14-16,18-19,21,32H,5-13,17,20H2,1-4H3,(H,31,33)/t29-/m0/s1. The number of alkyl halides is 1. The molecule has 1 amide bonds. The van der Waals surface area contributed by atoms with Crippen LogP contribution in [0.15, 0.2) is 36.4 Å². The predicted octanol–water partition coefficient (Wildman–Crippen LogP) is 7.41. The van der Waals surface area contributed by atoms with Crippen molar-refractivity contribution in [3.8, 4) is 5.75 Å². The summed E-state index contributed by atoms with van der Waals surface area (Å²) in [6, 6.07) is 8.87. The number of anilines is 1. The fourth-order valence-electron chi connectivity index (χ4n) is 4.43. The van der Waals surface area contributed by atoms with Gasteiger partial charge >= 0.3 is 5.00 Å². The Kier molecular flexibility index (Phi) is 11.4. The van der Waals surface area contributed by atoms with Crippen molar-refractivity contribution >= 4 is 21.4 Å². The number of carbonyl (C=O) groups excluding carboxylic acids is 1. The van der Waals surface area contributed by atoms with Crippen LogP contribution in [-0.2, 0) is 19.6 Å². The average Bonchev–Trinajstić information content (AvgIpc) is 2.86. The lowest BCUT2D eigenvalue weighted by atomic mass is 10.0. The molecule has 0 aromatic heterocycles. The second kappa shape index (κ2) is 13.8. The van der Waals surface area contributed by atoms with Crippen molar-refractivity contribution in [1.29, 1.82) is 0 Å². The first kappa shape index (κ1) is 29.8. The highest BCUT2D eigenvalue weighted by atomic mass is 32.2. The van der Waals surface area contributed by atoms with E-state index in [1.807, 2.05) is 0 Å². The normalized spacial score (nSPS) is 13.4. The molecule has 0 heterocycles. The van der Waals surface area contributed by atoms with Gasteiger partial charge < -0.3 is 10.4 Å². The number of sulfone groups is 1. The van der Waals surface area contributed by atoms with Crippen molar-refractivity contribution in [2.75, 3.05) is 11.1 Å². The number of aryl methyl sites for hydroxylation is 1. The Balaban J connectivity index is 2.12. The summed E-state index contributed by atoms with van der Waals surface area (Å²) < 4.78 is 43.2. The van der Waals surface area contributed by atoms with Crippen LogP contribution in [0.5, 0.6) is 5.75 Å². The van der Waals surface area contributed by atoms with Gasteiger partial charge in [0.05, 0.1) is 5.75 Å². The maximum atomic E-state index is 16.5. The van der Waals surface area contributed by atoms with E-state index in [-0.39, 0.29) is 17.0 Å². The molecule has 0 bridgehead atoms. The first-order valence-electron chi connectivity index (χ1n) is 13.1. The van der Waals surface area contributed by atoms with Gasteiger partial charge in [-0.05, 0) is 49.9 Å². The van der Waals surface area contributed by atoms with Gasteiger partial charge in [0.2, 0.25) is 0 Å². The van der Waals surface area contributed by atoms with Crippen molar-refractivity contribution in [2.24, 2.45) is 0 Å². The number of hydrogen-bond acceptors (Lipinski definition) is 4. The molecular weight excluding hydrogens is 477 g/mol. The summed E-state index contributed by atoms with van der Waals surface area (Å²) in [7, 11) is -4.47. The monoisotopic (exact) mass is 519 g/mol. The summed E-state index contributed by atoms with van der Waals surface area (Å²) in [5.41, 5.74) is 1.67. The van der Waals surface area contributed by atoms with E-state index in [2.05, 4.69) is 12.2 Å². The topological polar surface area (TPSA) is 83.5 Å². The summed E-state index contributed by atoms with van der Waals surface area (Å²) in [6.45, 7) is 7.23. The minimum absolute atomic E-state index is 0.0913. The van der Waals surface area contributed by atoms with Crippen LogP contribution in [0, 0.1) is 20.8 Å². The Morgan fingerprint density at radius 1 is 0.889 bits per heavy atom. The number of amides is 1. The Labute approximate surface area is 216 Å². The number of aromatic hydroxyl groups is 1. The van der Waals surface area contributed by atoms with Gasteiger partial charge in [0.25, 0.3) is 5.91 Å². The molecule has 2 rings (SSSR count). The maximum absolute atomic E-state index is 16.5. The first-order valence-corrected chi connectivity index (χ1v) is 14.8. The Bertz CT molecular complexity index is 1100. The van der Waals surface area contributed by atoms with E-state index < -0.39 is 26.5 Å². The molecule has 0 fully saturated rings. The highest BCUT2D eigenvalue weighted by Crippen LogP contribution is 2.37. The van der Waals surface area contributed by atoms with E-state index in [4.69, 9.17) is 0 Å². The molecule has 0 radical (unpaired) electrons.